The minimum absolute atomic E-state index is 0.00419. The first-order chi connectivity index (χ1) is 18.0. The van der Waals surface area contributed by atoms with Gasteiger partial charge >= 0.3 is 11.9 Å². The van der Waals surface area contributed by atoms with E-state index in [0.29, 0.717) is 0 Å². The van der Waals surface area contributed by atoms with E-state index < -0.39 is 77.8 Å². The topological polar surface area (TPSA) is 144 Å². The SMILES string of the molecule is CO[C@H]1C[C@H]2C(=O)C[C@H]3[C@H]4O[C@]2(/C(C)=C/[C@@H](C)[C@@H]([C@@H](C)O)OC1=O)[C@@H]3[C@H](O)[C@@H](C)[C@H]4OC(=O)c1ccc[nH]1. The van der Waals surface area contributed by atoms with Gasteiger partial charge in [-0.1, -0.05) is 19.9 Å². The van der Waals surface area contributed by atoms with Crippen LogP contribution in [0, 0.1) is 29.6 Å². The lowest BCUT2D eigenvalue weighted by Crippen LogP contribution is -2.61. The lowest BCUT2D eigenvalue weighted by molar-refractivity contribution is -0.174. The molecule has 5 rings (SSSR count). The number of hydrogen-bond donors (Lipinski definition) is 3. The van der Waals surface area contributed by atoms with Gasteiger partial charge in [-0.15, -0.1) is 0 Å². The van der Waals surface area contributed by atoms with Gasteiger partial charge in [0.1, 0.15) is 29.3 Å². The van der Waals surface area contributed by atoms with Crippen LogP contribution in [0.3, 0.4) is 0 Å². The number of aliphatic hydroxyl groups excluding tert-OH is 2. The molecule has 38 heavy (non-hydrogen) atoms. The first-order valence-corrected chi connectivity index (χ1v) is 13.3. The molecule has 3 fully saturated rings. The van der Waals surface area contributed by atoms with Crippen LogP contribution in [0.15, 0.2) is 30.0 Å². The van der Waals surface area contributed by atoms with Crippen molar-refractivity contribution < 1.29 is 43.5 Å². The molecule has 0 radical (unpaired) electrons. The molecule has 10 heteroatoms. The molecule has 10 nitrogen and oxygen atoms in total. The van der Waals surface area contributed by atoms with Crippen molar-refractivity contribution in [1.29, 1.82) is 0 Å². The summed E-state index contributed by atoms with van der Waals surface area (Å²) in [6, 6.07) is 3.31. The molecular formula is C28H37NO9. The van der Waals surface area contributed by atoms with Crippen LogP contribution in [-0.2, 0) is 28.5 Å². The van der Waals surface area contributed by atoms with Crippen molar-refractivity contribution in [2.24, 2.45) is 29.6 Å². The van der Waals surface area contributed by atoms with Crippen LogP contribution in [0.5, 0.6) is 0 Å². The second-order valence-electron chi connectivity index (χ2n) is 11.4. The van der Waals surface area contributed by atoms with E-state index in [0.717, 1.165) is 5.57 Å². The van der Waals surface area contributed by atoms with Gasteiger partial charge in [-0.3, -0.25) is 4.79 Å². The summed E-state index contributed by atoms with van der Waals surface area (Å²) in [7, 11) is 1.38. The highest BCUT2D eigenvalue weighted by Gasteiger charge is 2.72. The number of rotatable bonds is 4. The molecule has 3 heterocycles. The number of Topliss-reactive ketones (excluding diaryl/α,β-unsaturated/α-hetero) is 1. The maximum absolute atomic E-state index is 13.7. The number of carbonyl (C=O) groups is 3. The number of H-pyrrole nitrogens is 1. The van der Waals surface area contributed by atoms with Crippen molar-refractivity contribution in [3.8, 4) is 0 Å². The molecule has 2 aliphatic heterocycles. The molecule has 4 bridgehead atoms. The number of aromatic amines is 1. The molecule has 0 amide bonds. The van der Waals surface area contributed by atoms with E-state index in [4.69, 9.17) is 18.9 Å². The van der Waals surface area contributed by atoms with Gasteiger partial charge in [-0.05, 0) is 38.0 Å². The van der Waals surface area contributed by atoms with Crippen molar-refractivity contribution >= 4 is 17.7 Å². The normalized spacial score (nSPS) is 44.9. The van der Waals surface area contributed by atoms with Gasteiger partial charge in [-0.25, -0.2) is 9.59 Å². The minimum atomic E-state index is -1.22. The number of nitrogens with one attached hydrogen (secondary N) is 1. The summed E-state index contributed by atoms with van der Waals surface area (Å²) in [6.07, 6.45) is -1.53. The number of ether oxygens (including phenoxy) is 4. The molecular weight excluding hydrogens is 494 g/mol. The maximum Gasteiger partial charge on any atom is 0.355 e. The highest BCUT2D eigenvalue weighted by atomic mass is 16.6. The van der Waals surface area contributed by atoms with E-state index in [1.807, 2.05) is 26.8 Å². The summed E-state index contributed by atoms with van der Waals surface area (Å²) >= 11 is 0. The number of aromatic nitrogens is 1. The lowest BCUT2D eigenvalue weighted by Gasteiger charge is -2.50. The Morgan fingerprint density at radius 1 is 1.29 bits per heavy atom. The molecule has 208 valence electrons. The summed E-state index contributed by atoms with van der Waals surface area (Å²) in [4.78, 5) is 42.5. The predicted octanol–water partition coefficient (Wildman–Crippen LogP) is 1.80. The van der Waals surface area contributed by atoms with Crippen LogP contribution in [-0.4, -0.2) is 82.3 Å². The van der Waals surface area contributed by atoms with Crippen LogP contribution in [0.2, 0.25) is 0 Å². The van der Waals surface area contributed by atoms with Gasteiger partial charge in [0.05, 0.1) is 24.2 Å². The Kier molecular flexibility index (Phi) is 7.04. The molecule has 1 saturated heterocycles. The Labute approximate surface area is 221 Å². The number of hydrogen-bond acceptors (Lipinski definition) is 9. The largest absolute Gasteiger partial charge is 0.457 e. The van der Waals surface area contributed by atoms with Crippen LogP contribution in [0.1, 0.15) is 51.0 Å². The van der Waals surface area contributed by atoms with E-state index in [1.165, 1.54) is 7.11 Å². The van der Waals surface area contributed by atoms with Gasteiger partial charge < -0.3 is 34.1 Å². The van der Waals surface area contributed by atoms with Crippen molar-refractivity contribution in [1.82, 2.24) is 4.98 Å². The smallest absolute Gasteiger partial charge is 0.355 e. The first kappa shape index (κ1) is 27.1. The highest BCUT2D eigenvalue weighted by Crippen LogP contribution is 2.62. The van der Waals surface area contributed by atoms with E-state index in [1.54, 1.807) is 25.3 Å². The van der Waals surface area contributed by atoms with Gasteiger partial charge in [-0.2, -0.15) is 0 Å². The number of esters is 2. The third-order valence-electron chi connectivity index (χ3n) is 9.23. The van der Waals surface area contributed by atoms with Crippen LogP contribution < -0.4 is 0 Å². The molecule has 2 saturated carbocycles. The molecule has 1 spiro atoms. The van der Waals surface area contributed by atoms with Gasteiger partial charge in [0.25, 0.3) is 0 Å². The molecule has 0 aromatic carbocycles. The Morgan fingerprint density at radius 2 is 2.03 bits per heavy atom. The minimum Gasteiger partial charge on any atom is -0.457 e. The van der Waals surface area contributed by atoms with E-state index in [2.05, 4.69) is 4.98 Å². The monoisotopic (exact) mass is 531 g/mol. The molecule has 4 aliphatic rings. The lowest BCUT2D eigenvalue weighted by atomic mass is 9.54. The third-order valence-corrected chi connectivity index (χ3v) is 9.23. The summed E-state index contributed by atoms with van der Waals surface area (Å²) in [5, 5.41) is 22.1. The number of ketones is 1. The van der Waals surface area contributed by atoms with E-state index in [-0.39, 0.29) is 30.2 Å². The Balaban J connectivity index is 1.60. The highest BCUT2D eigenvalue weighted by molar-refractivity contribution is 5.88. The third kappa shape index (κ3) is 4.04. The number of carbonyl (C=O) groups excluding carboxylic acids is 3. The van der Waals surface area contributed by atoms with Crippen LogP contribution >= 0.6 is 0 Å². The fourth-order valence-electron chi connectivity index (χ4n) is 7.46. The Bertz CT molecular complexity index is 1110. The quantitative estimate of drug-likeness (QED) is 0.391. The zero-order chi connectivity index (χ0) is 27.5. The van der Waals surface area contributed by atoms with Crippen molar-refractivity contribution in [2.45, 2.75) is 82.8 Å². The number of methoxy groups -OCH3 is 1. The molecule has 1 aromatic heterocycles. The predicted molar refractivity (Wildman–Crippen MR) is 133 cm³/mol. The van der Waals surface area contributed by atoms with Crippen molar-refractivity contribution in [3.05, 3.63) is 35.7 Å². The first-order valence-electron chi connectivity index (χ1n) is 13.3. The molecule has 0 unspecified atom stereocenters. The Hall–Kier alpha value is -2.53. The number of aliphatic hydroxyl groups is 2. The Morgan fingerprint density at radius 3 is 2.66 bits per heavy atom. The number of cyclic esters (lactones) is 1. The summed E-state index contributed by atoms with van der Waals surface area (Å²) in [5.41, 5.74) is -0.213. The van der Waals surface area contributed by atoms with Crippen LogP contribution in [0.25, 0.3) is 0 Å². The second-order valence-corrected chi connectivity index (χ2v) is 11.4. The van der Waals surface area contributed by atoms with Gasteiger partial charge in [0.2, 0.25) is 0 Å². The van der Waals surface area contributed by atoms with E-state index >= 15 is 0 Å². The van der Waals surface area contributed by atoms with E-state index in [9.17, 15) is 24.6 Å². The fourth-order valence-corrected chi connectivity index (χ4v) is 7.46. The average molecular weight is 532 g/mol. The average Bonchev–Trinajstić information content (AvgIpc) is 3.47. The zero-order valence-electron chi connectivity index (χ0n) is 22.3. The molecule has 1 aromatic rings. The summed E-state index contributed by atoms with van der Waals surface area (Å²) in [5.74, 6) is -3.78. The second kappa shape index (κ2) is 9.89. The molecule has 2 aliphatic carbocycles. The summed E-state index contributed by atoms with van der Waals surface area (Å²) in [6.45, 7) is 7.07. The fraction of sp³-hybridized carbons (Fsp3) is 0.679. The summed E-state index contributed by atoms with van der Waals surface area (Å²) < 4.78 is 23.9. The maximum atomic E-state index is 13.7. The standard InChI is InChI=1S/C28H37NO9/c1-12-9-13(2)28-17(11-20(35-5)27(34)36-23(12)15(4)30)19(31)10-16-21(28)22(32)14(3)24(25(16)38-28)37-26(33)18-7-6-8-29-18/h6-9,12,14-17,20-25,29-30,32H,10-11H2,1-5H3/b13-9+/t12-,14-,15-,16-,17+,20+,21+,22-,23+,24-,25-,28+/m1/s1. The van der Waals surface area contributed by atoms with Crippen molar-refractivity contribution in [2.75, 3.05) is 7.11 Å². The van der Waals surface area contributed by atoms with Crippen molar-refractivity contribution in [3.63, 3.8) is 0 Å². The van der Waals surface area contributed by atoms with Crippen LogP contribution in [0.4, 0.5) is 0 Å². The van der Waals surface area contributed by atoms with Gasteiger partial charge in [0.15, 0.2) is 6.10 Å². The van der Waals surface area contributed by atoms with Gasteiger partial charge in [0, 0.05) is 43.4 Å². The molecule has 3 N–H and O–H groups in total. The molecule has 12 atom stereocenters. The zero-order valence-corrected chi connectivity index (χ0v) is 22.3.